The maximum absolute atomic E-state index is 8.23. The van der Waals surface area contributed by atoms with Gasteiger partial charge in [-0.15, -0.1) is 0 Å². The molecule has 7 heavy (non-hydrogen) atoms. The van der Waals surface area contributed by atoms with E-state index in [9.17, 15) is 0 Å². The SMILES string of the molecule is C[N-]N(O)[N-]OC. The minimum Gasteiger partial charge on any atom is -0.590 e. The molecule has 0 aromatic rings. The van der Waals surface area contributed by atoms with Crippen LogP contribution in [0.2, 0.25) is 0 Å². The molecule has 0 radical (unpaired) electrons. The highest BCUT2D eigenvalue weighted by Crippen LogP contribution is 1.95. The van der Waals surface area contributed by atoms with E-state index < -0.39 is 0 Å². The molecule has 0 aliphatic carbocycles. The molecule has 0 aliphatic heterocycles. The first-order chi connectivity index (χ1) is 3.31. The van der Waals surface area contributed by atoms with E-state index in [0.717, 1.165) is 0 Å². The normalized spacial score (nSPS) is 10.3. The Kier molecular flexibility index (Phi) is 3.86. The predicted molar refractivity (Wildman–Crippen MR) is 23.3 cm³/mol. The van der Waals surface area contributed by atoms with Crippen LogP contribution < -0.4 is 0 Å². The van der Waals surface area contributed by atoms with Crippen molar-refractivity contribution in [3.05, 3.63) is 11.0 Å². The lowest BCUT2D eigenvalue weighted by molar-refractivity contribution is -0.0672. The van der Waals surface area contributed by atoms with Gasteiger partial charge in [-0.05, 0) is 0 Å². The van der Waals surface area contributed by atoms with Crippen LogP contribution in [0.3, 0.4) is 0 Å². The van der Waals surface area contributed by atoms with Crippen LogP contribution in [0.25, 0.3) is 11.0 Å². The molecule has 0 amide bonds. The fraction of sp³-hybridized carbons (Fsp3) is 1.00. The Balaban J connectivity index is 2.83. The first-order valence-corrected chi connectivity index (χ1v) is 1.64. The van der Waals surface area contributed by atoms with Crippen molar-refractivity contribution in [3.8, 4) is 0 Å². The molecule has 0 aliphatic rings. The van der Waals surface area contributed by atoms with Gasteiger partial charge in [-0.3, -0.25) is 0 Å². The molecule has 0 aromatic carbocycles. The highest BCUT2D eigenvalue weighted by molar-refractivity contribution is 4.61. The van der Waals surface area contributed by atoms with Gasteiger partial charge in [0.1, 0.15) is 0 Å². The summed E-state index contributed by atoms with van der Waals surface area (Å²) in [4.78, 5) is 4.10. The van der Waals surface area contributed by atoms with Crippen LogP contribution in [0, 0.1) is 0 Å². The van der Waals surface area contributed by atoms with Gasteiger partial charge in [0.2, 0.25) is 0 Å². The van der Waals surface area contributed by atoms with Crippen molar-refractivity contribution in [2.75, 3.05) is 14.2 Å². The molecule has 5 nitrogen and oxygen atoms in total. The van der Waals surface area contributed by atoms with Crippen molar-refractivity contribution in [2.45, 2.75) is 0 Å². The molecule has 0 fully saturated rings. The Morgan fingerprint density at radius 2 is 2.29 bits per heavy atom. The minimum absolute atomic E-state index is 0.333. The maximum atomic E-state index is 8.23. The monoisotopic (exact) mass is 105 g/mol. The molecule has 0 spiro atoms. The molecule has 0 atom stereocenters. The summed E-state index contributed by atoms with van der Waals surface area (Å²) in [6, 6.07) is 0. The van der Waals surface area contributed by atoms with Crippen LogP contribution in [0.15, 0.2) is 0 Å². The first-order valence-electron chi connectivity index (χ1n) is 1.64. The van der Waals surface area contributed by atoms with Gasteiger partial charge >= 0.3 is 0 Å². The topological polar surface area (TPSA) is 60.9 Å². The summed E-state index contributed by atoms with van der Waals surface area (Å²) >= 11 is 0. The van der Waals surface area contributed by atoms with Gasteiger partial charge in [0.25, 0.3) is 0 Å². The zero-order valence-electron chi connectivity index (χ0n) is 4.20. The second-order valence-electron chi connectivity index (χ2n) is 0.733. The van der Waals surface area contributed by atoms with Crippen LogP contribution in [0.5, 0.6) is 0 Å². The van der Waals surface area contributed by atoms with Gasteiger partial charge in [-0.25, -0.2) is 0 Å². The molecule has 5 heteroatoms. The summed E-state index contributed by atoms with van der Waals surface area (Å²) in [5.41, 5.74) is 6.14. The molecular weight excluding hydrogens is 98.0 g/mol. The lowest BCUT2D eigenvalue weighted by atomic mass is 11.5. The van der Waals surface area contributed by atoms with Gasteiger partial charge in [0.05, 0.1) is 0 Å². The number of hydrogen-bond donors (Lipinski definition) is 1. The molecule has 0 heterocycles. The van der Waals surface area contributed by atoms with Crippen molar-refractivity contribution in [3.63, 3.8) is 0 Å². The Hall–Kier alpha value is -0.200. The maximum Gasteiger partial charge on any atom is 0.0143 e. The predicted octanol–water partition coefficient (Wildman–Crippen LogP) is 0.446. The first kappa shape index (κ1) is 6.80. The third-order valence-electron chi connectivity index (χ3n) is 0.334. The second kappa shape index (κ2) is 3.97. The Labute approximate surface area is 41.7 Å². The van der Waals surface area contributed by atoms with Gasteiger partial charge < -0.3 is 26.3 Å². The third-order valence-corrected chi connectivity index (χ3v) is 0.334. The average molecular weight is 105 g/mol. The smallest absolute Gasteiger partial charge is 0.0143 e. The van der Waals surface area contributed by atoms with Crippen LogP contribution >= 0.6 is 0 Å². The molecule has 0 saturated carbocycles. The van der Waals surface area contributed by atoms with E-state index in [2.05, 4.69) is 15.9 Å². The third kappa shape index (κ3) is 3.64. The molecule has 0 saturated heterocycles. The summed E-state index contributed by atoms with van der Waals surface area (Å²) in [6.45, 7) is 0. The van der Waals surface area contributed by atoms with Crippen molar-refractivity contribution in [2.24, 2.45) is 0 Å². The highest BCUT2D eigenvalue weighted by Gasteiger charge is 1.56. The quantitative estimate of drug-likeness (QED) is 0.530. The lowest BCUT2D eigenvalue weighted by Gasteiger charge is -2.39. The van der Waals surface area contributed by atoms with Crippen LogP contribution in [0.4, 0.5) is 0 Å². The number of hydrogen-bond acceptors (Lipinski definition) is 3. The summed E-state index contributed by atoms with van der Waals surface area (Å²) in [5, 5.41) is 8.57. The lowest BCUT2D eigenvalue weighted by Crippen LogP contribution is -2.05. The van der Waals surface area contributed by atoms with Crippen LogP contribution in [-0.4, -0.2) is 24.6 Å². The molecule has 1 N–H and O–H groups in total. The van der Waals surface area contributed by atoms with E-state index in [0.29, 0.717) is 5.28 Å². The Morgan fingerprint density at radius 3 is 2.43 bits per heavy atom. The van der Waals surface area contributed by atoms with E-state index in [1.165, 1.54) is 14.2 Å². The molecular formula is C2H7N3O2-2. The van der Waals surface area contributed by atoms with Gasteiger partial charge in [0.15, 0.2) is 0 Å². The molecule has 0 aromatic heterocycles. The summed E-state index contributed by atoms with van der Waals surface area (Å²) in [5.74, 6) is 0. The van der Waals surface area contributed by atoms with Crippen molar-refractivity contribution in [1.82, 2.24) is 5.28 Å². The zero-order valence-corrected chi connectivity index (χ0v) is 4.20. The van der Waals surface area contributed by atoms with Gasteiger partial charge in [-0.1, -0.05) is 0 Å². The fourth-order valence-electron chi connectivity index (χ4n) is 0.110. The van der Waals surface area contributed by atoms with Crippen molar-refractivity contribution < 1.29 is 10.0 Å². The largest absolute Gasteiger partial charge is 0.590 e. The van der Waals surface area contributed by atoms with E-state index in [1.54, 1.807) is 0 Å². The highest BCUT2D eigenvalue weighted by atomic mass is 16.8. The van der Waals surface area contributed by atoms with E-state index in [4.69, 9.17) is 5.21 Å². The molecule has 44 valence electrons. The summed E-state index contributed by atoms with van der Waals surface area (Å²) in [6.07, 6.45) is 0. The van der Waals surface area contributed by atoms with Crippen LogP contribution in [-0.2, 0) is 4.84 Å². The van der Waals surface area contributed by atoms with Gasteiger partial charge in [-0.2, -0.15) is 7.05 Å². The number of rotatable bonds is 3. The number of nitrogens with zero attached hydrogens (tertiary/aromatic N) is 3. The van der Waals surface area contributed by atoms with E-state index in [-0.39, 0.29) is 0 Å². The second-order valence-corrected chi connectivity index (χ2v) is 0.733. The molecule has 0 bridgehead atoms. The molecule has 0 rings (SSSR count). The summed E-state index contributed by atoms with van der Waals surface area (Å²) in [7, 11) is 2.69. The van der Waals surface area contributed by atoms with E-state index >= 15 is 0 Å². The standard InChI is InChI=1S/C2H7N3O2/c1-3-5(6)4-7-2/h6H,1-2H3/q-2. The van der Waals surface area contributed by atoms with E-state index in [1.807, 2.05) is 0 Å². The minimum atomic E-state index is 0.333. The van der Waals surface area contributed by atoms with Crippen molar-refractivity contribution in [1.29, 1.82) is 0 Å². The van der Waals surface area contributed by atoms with Crippen molar-refractivity contribution >= 4 is 0 Å². The fourth-order valence-corrected chi connectivity index (χ4v) is 0.110. The summed E-state index contributed by atoms with van der Waals surface area (Å²) < 4.78 is 0. The zero-order chi connectivity index (χ0) is 5.70. The Bertz CT molecular complexity index is 41.9. The Morgan fingerprint density at radius 1 is 1.71 bits per heavy atom. The van der Waals surface area contributed by atoms with Crippen LogP contribution in [0.1, 0.15) is 0 Å². The van der Waals surface area contributed by atoms with Gasteiger partial charge in [0, 0.05) is 7.11 Å². The molecule has 0 unspecified atom stereocenters. The average Bonchev–Trinajstić information content (AvgIpc) is 1.68.